The van der Waals surface area contributed by atoms with Gasteiger partial charge in [-0.3, -0.25) is 4.74 Å². The molecule has 0 rings (SSSR count). The Morgan fingerprint density at radius 3 is 1.35 bits per heavy atom. The fraction of sp³-hybridized carbons (Fsp3) is 1.00. The lowest BCUT2D eigenvalue weighted by Gasteiger charge is -2.34. The van der Waals surface area contributed by atoms with Gasteiger partial charge in [0, 0.05) is 10.8 Å². The van der Waals surface area contributed by atoms with E-state index < -0.39 is 41.1 Å². The molecule has 0 aromatic heterocycles. The Morgan fingerprint density at radius 2 is 1.10 bits per heavy atom. The minimum Gasteiger partial charge on any atom is -0.269 e. The zero-order valence-electron chi connectivity index (χ0n) is 8.86. The summed E-state index contributed by atoms with van der Waals surface area (Å²) < 4.78 is 136. The first-order valence-corrected chi connectivity index (χ1v) is 5.88. The van der Waals surface area contributed by atoms with E-state index in [1.165, 1.54) is 0 Å². The molecule has 0 aromatic carbocycles. The van der Waals surface area contributed by atoms with Gasteiger partial charge < -0.3 is 0 Å². The smallest absolute Gasteiger partial charge is 0.269 e. The molecule has 0 aliphatic carbocycles. The lowest BCUT2D eigenvalue weighted by Crippen LogP contribution is -2.59. The largest absolute Gasteiger partial charge is 0.462 e. The molecule has 0 radical (unpaired) electrons. The maximum atomic E-state index is 13.2. The van der Waals surface area contributed by atoms with Crippen LogP contribution in [0, 0.1) is 0 Å². The lowest BCUT2D eigenvalue weighted by molar-refractivity contribution is -0.483. The molecule has 0 saturated heterocycles. The van der Waals surface area contributed by atoms with Crippen LogP contribution in [0.25, 0.3) is 0 Å². The molecule has 0 aromatic rings. The van der Waals surface area contributed by atoms with Gasteiger partial charge in [-0.05, 0) is 0 Å². The Bertz CT molecular complexity index is 335. The first-order valence-electron chi connectivity index (χ1n) is 4.36. The monoisotopic (exact) mass is 440 g/mol. The van der Waals surface area contributed by atoms with Crippen molar-refractivity contribution in [3.8, 4) is 0 Å². The highest BCUT2D eigenvalue weighted by Crippen LogP contribution is 2.51. The molecule has 0 amide bonds. The molecule has 122 valence electrons. The summed E-state index contributed by atoms with van der Waals surface area (Å²) in [5, 5.41) is 0. The summed E-state index contributed by atoms with van der Waals surface area (Å²) in [5.41, 5.74) is 0. The predicted molar refractivity (Wildman–Crippen MR) is 50.4 cm³/mol. The van der Waals surface area contributed by atoms with E-state index >= 15 is 0 Å². The molecular weight excluding hydrogens is 436 g/mol. The minimum absolute atomic E-state index is 0.832. The normalized spacial score (nSPS) is 18.0. The summed E-state index contributed by atoms with van der Waals surface area (Å²) in [4.78, 5) is 0. The molecule has 1 nitrogen and oxygen atoms in total. The molecule has 0 saturated carbocycles. The SMILES string of the molecule is FC(F)(F)C(F)(F)C(F)(F)O[C@](F)(CCI)C(F)(F)F. The predicted octanol–water partition coefficient (Wildman–Crippen LogP) is 4.85. The van der Waals surface area contributed by atoms with Crippen molar-refractivity contribution >= 4 is 22.6 Å². The second kappa shape index (κ2) is 5.61. The van der Waals surface area contributed by atoms with Crippen molar-refractivity contribution < 1.29 is 53.0 Å². The average Bonchev–Trinajstić information content (AvgIpc) is 2.12. The number of ether oxygens (including phenoxy) is 1. The standard InChI is InChI=1S/C7H4F11IO/c8-3(1-2-19,5(11,12)13)20-7(17,18)4(9,10)6(14,15)16/h1-2H2/t3-/m1/s1. The van der Waals surface area contributed by atoms with Gasteiger partial charge in [-0.2, -0.15) is 43.9 Å². The van der Waals surface area contributed by atoms with Gasteiger partial charge in [0.25, 0.3) is 0 Å². The molecule has 0 fully saturated rings. The number of alkyl halides is 12. The van der Waals surface area contributed by atoms with E-state index in [-0.39, 0.29) is 0 Å². The quantitative estimate of drug-likeness (QED) is 0.338. The van der Waals surface area contributed by atoms with Crippen LogP contribution < -0.4 is 0 Å². The van der Waals surface area contributed by atoms with E-state index in [0.717, 1.165) is 22.6 Å². The maximum absolute atomic E-state index is 13.2. The van der Waals surface area contributed by atoms with Gasteiger partial charge in [0.1, 0.15) is 0 Å². The van der Waals surface area contributed by atoms with Crippen molar-refractivity contribution in [2.45, 2.75) is 36.7 Å². The second-order valence-corrected chi connectivity index (χ2v) is 4.43. The Labute approximate surface area is 117 Å². The summed E-state index contributed by atoms with van der Waals surface area (Å²) in [7, 11) is 0. The van der Waals surface area contributed by atoms with E-state index in [1.54, 1.807) is 0 Å². The van der Waals surface area contributed by atoms with Gasteiger partial charge in [-0.1, -0.05) is 22.6 Å². The summed E-state index contributed by atoms with van der Waals surface area (Å²) in [6.07, 6.45) is -21.8. The van der Waals surface area contributed by atoms with Crippen LogP contribution in [0.5, 0.6) is 0 Å². The molecule has 0 spiro atoms. The molecule has 0 aliphatic rings. The van der Waals surface area contributed by atoms with Gasteiger partial charge in [0.2, 0.25) is 0 Å². The molecule has 0 aliphatic heterocycles. The third kappa shape index (κ3) is 3.76. The van der Waals surface area contributed by atoms with Crippen LogP contribution in [0.1, 0.15) is 6.42 Å². The third-order valence-corrected chi connectivity index (χ3v) is 2.39. The molecule has 20 heavy (non-hydrogen) atoms. The van der Waals surface area contributed by atoms with E-state index in [4.69, 9.17) is 0 Å². The fourth-order valence-electron chi connectivity index (χ4n) is 0.804. The maximum Gasteiger partial charge on any atom is 0.462 e. The highest BCUT2D eigenvalue weighted by atomic mass is 127. The Morgan fingerprint density at radius 1 is 0.700 bits per heavy atom. The molecular formula is C7H4F11IO. The first-order chi connectivity index (χ1) is 8.52. The lowest BCUT2D eigenvalue weighted by atomic mass is 10.2. The van der Waals surface area contributed by atoms with Crippen molar-refractivity contribution in [2.75, 3.05) is 4.43 Å². The molecule has 1 atom stereocenters. The highest BCUT2D eigenvalue weighted by Gasteiger charge is 2.78. The van der Waals surface area contributed by atoms with Gasteiger partial charge in [-0.15, -0.1) is 0 Å². The molecule has 0 unspecified atom stereocenters. The van der Waals surface area contributed by atoms with Crippen LogP contribution in [-0.2, 0) is 4.74 Å². The van der Waals surface area contributed by atoms with E-state index in [2.05, 4.69) is 4.74 Å². The van der Waals surface area contributed by atoms with Crippen molar-refractivity contribution in [1.29, 1.82) is 0 Å². The topological polar surface area (TPSA) is 9.23 Å². The first kappa shape index (κ1) is 19.9. The summed E-state index contributed by atoms with van der Waals surface area (Å²) in [6.45, 7) is 0. The van der Waals surface area contributed by atoms with E-state index in [1.807, 2.05) is 0 Å². The Hall–Kier alpha value is -0.0800. The molecule has 13 heteroatoms. The number of hydrogen-bond donors (Lipinski definition) is 0. The molecule has 0 N–H and O–H groups in total. The third-order valence-electron chi connectivity index (χ3n) is 1.85. The van der Waals surface area contributed by atoms with Crippen molar-refractivity contribution in [1.82, 2.24) is 0 Å². The van der Waals surface area contributed by atoms with E-state index in [0.29, 0.717) is 0 Å². The average molecular weight is 440 g/mol. The minimum atomic E-state index is -6.99. The van der Waals surface area contributed by atoms with E-state index in [9.17, 15) is 48.3 Å². The van der Waals surface area contributed by atoms with Gasteiger partial charge >= 0.3 is 30.2 Å². The zero-order valence-corrected chi connectivity index (χ0v) is 11.0. The van der Waals surface area contributed by atoms with Crippen molar-refractivity contribution in [3.05, 3.63) is 0 Å². The van der Waals surface area contributed by atoms with Crippen molar-refractivity contribution in [3.63, 3.8) is 0 Å². The van der Waals surface area contributed by atoms with Gasteiger partial charge in [0.15, 0.2) is 0 Å². The highest BCUT2D eigenvalue weighted by molar-refractivity contribution is 14.1. The fourth-order valence-corrected chi connectivity index (χ4v) is 1.50. The second-order valence-electron chi connectivity index (χ2n) is 3.36. The van der Waals surface area contributed by atoms with Crippen LogP contribution in [-0.4, -0.2) is 34.7 Å². The number of rotatable bonds is 5. The van der Waals surface area contributed by atoms with Crippen LogP contribution >= 0.6 is 22.6 Å². The van der Waals surface area contributed by atoms with Gasteiger partial charge in [0.05, 0.1) is 0 Å². The van der Waals surface area contributed by atoms with Crippen LogP contribution in [0.3, 0.4) is 0 Å². The van der Waals surface area contributed by atoms with Gasteiger partial charge in [-0.25, -0.2) is 4.39 Å². The summed E-state index contributed by atoms with van der Waals surface area (Å²) >= 11 is 1.07. The van der Waals surface area contributed by atoms with Crippen molar-refractivity contribution in [2.24, 2.45) is 0 Å². The Kier molecular flexibility index (Phi) is 5.58. The summed E-state index contributed by atoms with van der Waals surface area (Å²) in [6, 6.07) is 0. The molecule has 0 heterocycles. The Balaban J connectivity index is 5.54. The molecule has 0 bridgehead atoms. The number of hydrogen-bond acceptors (Lipinski definition) is 1. The van der Waals surface area contributed by atoms with Crippen LogP contribution in [0.4, 0.5) is 48.3 Å². The number of halogens is 12. The summed E-state index contributed by atoms with van der Waals surface area (Å²) in [5.74, 6) is -12.3. The van der Waals surface area contributed by atoms with Crippen LogP contribution in [0.15, 0.2) is 0 Å². The zero-order chi connectivity index (χ0) is 16.6. The van der Waals surface area contributed by atoms with Crippen LogP contribution in [0.2, 0.25) is 0 Å².